The van der Waals surface area contributed by atoms with E-state index in [4.69, 9.17) is 15.2 Å². The minimum atomic E-state index is -5.06. The van der Waals surface area contributed by atoms with Gasteiger partial charge in [-0.1, -0.05) is 6.92 Å². The van der Waals surface area contributed by atoms with Gasteiger partial charge in [-0.15, -0.1) is 0 Å². The molecule has 262 valence electrons. The molecule has 0 bridgehead atoms. The van der Waals surface area contributed by atoms with Gasteiger partial charge in [-0.25, -0.2) is 28.2 Å². The maximum Gasteiger partial charge on any atom is 0.416 e. The predicted octanol–water partition coefficient (Wildman–Crippen LogP) is 6.05. The SMILES string of the molecule is CCOC(=O)N1c2ccc(OC)nc2[C@@H](c2ncc(CCCS(C)(=O)=O)c(Cc3cc(C(F)(F)F)cc(C(F)(F)F)c3)n2)C[C@@]1(N)CC. The molecule has 0 saturated carbocycles. The molecule has 48 heavy (non-hydrogen) atoms. The van der Waals surface area contributed by atoms with E-state index >= 15 is 0 Å². The van der Waals surface area contributed by atoms with Crippen molar-refractivity contribution in [1.82, 2.24) is 15.0 Å². The van der Waals surface area contributed by atoms with Crippen LogP contribution in [-0.2, 0) is 39.8 Å². The molecule has 1 amide bonds. The van der Waals surface area contributed by atoms with Crippen LogP contribution in [0.1, 0.15) is 78.5 Å². The predicted molar refractivity (Wildman–Crippen MR) is 163 cm³/mol. The number of carbonyl (C=O) groups is 1. The van der Waals surface area contributed by atoms with E-state index in [1.807, 2.05) is 0 Å². The molecule has 0 aliphatic carbocycles. The van der Waals surface area contributed by atoms with Crippen LogP contribution in [0.2, 0.25) is 0 Å². The highest BCUT2D eigenvalue weighted by Crippen LogP contribution is 2.45. The van der Waals surface area contributed by atoms with Crippen molar-refractivity contribution < 1.29 is 49.0 Å². The number of hydrogen-bond donors (Lipinski definition) is 1. The number of carbonyl (C=O) groups excluding carboxylic acids is 1. The summed E-state index contributed by atoms with van der Waals surface area (Å²) >= 11 is 0. The zero-order valence-electron chi connectivity index (χ0n) is 26.6. The number of pyridine rings is 1. The van der Waals surface area contributed by atoms with Gasteiger partial charge in [0.15, 0.2) is 0 Å². The number of aryl methyl sites for hydroxylation is 1. The fourth-order valence-corrected chi connectivity index (χ4v) is 6.27. The minimum absolute atomic E-state index is 0.0180. The van der Waals surface area contributed by atoms with Gasteiger partial charge in [-0.3, -0.25) is 4.90 Å². The van der Waals surface area contributed by atoms with E-state index in [2.05, 4.69) is 15.0 Å². The number of amides is 1. The van der Waals surface area contributed by atoms with Crippen LogP contribution in [0.25, 0.3) is 0 Å². The molecule has 0 spiro atoms. The summed E-state index contributed by atoms with van der Waals surface area (Å²) in [7, 11) is -1.99. The molecule has 4 rings (SSSR count). The number of hydrogen-bond acceptors (Lipinski definition) is 9. The van der Waals surface area contributed by atoms with Gasteiger partial charge in [-0.2, -0.15) is 26.3 Å². The first-order valence-electron chi connectivity index (χ1n) is 14.9. The Balaban J connectivity index is 1.89. The van der Waals surface area contributed by atoms with Crippen molar-refractivity contribution in [2.24, 2.45) is 5.73 Å². The smallest absolute Gasteiger partial charge is 0.416 e. The van der Waals surface area contributed by atoms with E-state index in [0.717, 1.165) is 6.26 Å². The first kappa shape index (κ1) is 36.8. The topological polar surface area (TPSA) is 138 Å². The number of rotatable bonds is 10. The zero-order chi connectivity index (χ0) is 35.7. The number of nitrogens with zero attached hydrogens (tertiary/aromatic N) is 4. The Labute approximate surface area is 273 Å². The molecule has 0 saturated heterocycles. The third kappa shape index (κ3) is 8.35. The monoisotopic (exact) mass is 703 g/mol. The molecular formula is C31H35F6N5O5S. The van der Waals surface area contributed by atoms with Crippen LogP contribution in [0.4, 0.5) is 36.8 Å². The van der Waals surface area contributed by atoms with Crippen LogP contribution in [-0.4, -0.2) is 60.9 Å². The Hall–Kier alpha value is -3.99. The van der Waals surface area contributed by atoms with Gasteiger partial charge in [0, 0.05) is 24.9 Å². The van der Waals surface area contributed by atoms with Gasteiger partial charge in [0.05, 0.1) is 53.6 Å². The normalized spacial score (nSPS) is 18.4. The van der Waals surface area contributed by atoms with Gasteiger partial charge in [0.25, 0.3) is 0 Å². The first-order valence-corrected chi connectivity index (χ1v) is 17.0. The Morgan fingerprint density at radius 1 is 1.06 bits per heavy atom. The molecule has 17 heteroatoms. The van der Waals surface area contributed by atoms with E-state index in [0.29, 0.717) is 17.7 Å². The largest absolute Gasteiger partial charge is 0.481 e. The van der Waals surface area contributed by atoms with Crippen LogP contribution >= 0.6 is 0 Å². The summed E-state index contributed by atoms with van der Waals surface area (Å²) in [5.41, 5.74) is 3.19. The van der Waals surface area contributed by atoms with Crippen LogP contribution < -0.4 is 15.4 Å². The molecule has 0 radical (unpaired) electrons. The van der Waals surface area contributed by atoms with E-state index in [1.54, 1.807) is 19.9 Å². The molecule has 1 aromatic carbocycles. The zero-order valence-corrected chi connectivity index (χ0v) is 27.4. The summed E-state index contributed by atoms with van der Waals surface area (Å²) in [5, 5.41) is 0. The minimum Gasteiger partial charge on any atom is -0.481 e. The summed E-state index contributed by atoms with van der Waals surface area (Å²) in [4.78, 5) is 28.1. The number of anilines is 1. The van der Waals surface area contributed by atoms with Crippen LogP contribution in [0, 0.1) is 0 Å². The number of nitrogens with two attached hydrogens (primary N) is 1. The molecule has 2 atom stereocenters. The van der Waals surface area contributed by atoms with Gasteiger partial charge in [-0.05, 0) is 68.0 Å². The maximum atomic E-state index is 13.7. The molecule has 2 aromatic heterocycles. The summed E-state index contributed by atoms with van der Waals surface area (Å²) in [5.74, 6) is -0.744. The number of alkyl halides is 6. The van der Waals surface area contributed by atoms with Crippen molar-refractivity contribution in [3.8, 4) is 5.88 Å². The highest BCUT2D eigenvalue weighted by Gasteiger charge is 2.47. The lowest BCUT2D eigenvalue weighted by molar-refractivity contribution is -0.143. The van der Waals surface area contributed by atoms with Crippen molar-refractivity contribution in [3.63, 3.8) is 0 Å². The number of ether oxygens (including phenoxy) is 2. The Morgan fingerprint density at radius 2 is 1.71 bits per heavy atom. The van der Waals surface area contributed by atoms with Crippen molar-refractivity contribution in [2.75, 3.05) is 30.6 Å². The molecule has 0 unspecified atom stereocenters. The number of fused-ring (bicyclic) bond motifs is 1. The molecule has 0 fully saturated rings. The van der Waals surface area contributed by atoms with E-state index in [-0.39, 0.29) is 78.5 Å². The second kappa shape index (κ2) is 13.9. The summed E-state index contributed by atoms with van der Waals surface area (Å²) in [6.45, 7) is 3.46. The lowest BCUT2D eigenvalue weighted by Crippen LogP contribution is -2.61. The average Bonchev–Trinajstić information content (AvgIpc) is 2.99. The quantitative estimate of drug-likeness (QED) is 0.250. The number of halogens is 6. The average molecular weight is 704 g/mol. The number of benzene rings is 1. The van der Waals surface area contributed by atoms with Gasteiger partial charge < -0.3 is 15.2 Å². The molecule has 3 heterocycles. The second-order valence-corrected chi connectivity index (χ2v) is 13.8. The van der Waals surface area contributed by atoms with E-state index in [1.165, 1.54) is 24.3 Å². The summed E-state index contributed by atoms with van der Waals surface area (Å²) in [6, 6.07) is 4.38. The van der Waals surface area contributed by atoms with E-state index < -0.39 is 57.4 Å². The van der Waals surface area contributed by atoms with Crippen LogP contribution in [0.5, 0.6) is 5.88 Å². The first-order chi connectivity index (χ1) is 22.3. The Morgan fingerprint density at radius 3 is 2.25 bits per heavy atom. The highest BCUT2D eigenvalue weighted by atomic mass is 32.2. The molecule has 2 N–H and O–H groups in total. The van der Waals surface area contributed by atoms with Crippen molar-refractivity contribution in [1.29, 1.82) is 0 Å². The maximum absolute atomic E-state index is 13.7. The molecule has 3 aromatic rings. The fraction of sp³-hybridized carbons (Fsp3) is 0.484. The lowest BCUT2D eigenvalue weighted by atomic mass is 9.83. The van der Waals surface area contributed by atoms with Crippen LogP contribution in [0.15, 0.2) is 36.5 Å². The fourth-order valence-electron chi connectivity index (χ4n) is 5.60. The lowest BCUT2D eigenvalue weighted by Gasteiger charge is -2.46. The number of sulfone groups is 1. The number of methoxy groups -OCH3 is 1. The van der Waals surface area contributed by atoms with Crippen molar-refractivity contribution in [2.45, 2.75) is 69.9 Å². The molecule has 10 nitrogen and oxygen atoms in total. The second-order valence-electron chi connectivity index (χ2n) is 11.5. The third-order valence-electron chi connectivity index (χ3n) is 7.99. The molecule has 1 aliphatic rings. The van der Waals surface area contributed by atoms with Gasteiger partial charge >= 0.3 is 18.4 Å². The molecule has 1 aliphatic heterocycles. The molecular weight excluding hydrogens is 668 g/mol. The summed E-state index contributed by atoms with van der Waals surface area (Å²) < 4.78 is 116. The van der Waals surface area contributed by atoms with Crippen molar-refractivity contribution >= 4 is 21.6 Å². The Bertz CT molecular complexity index is 1740. The van der Waals surface area contributed by atoms with Crippen molar-refractivity contribution in [3.05, 3.63) is 76.0 Å². The number of aromatic nitrogens is 3. The van der Waals surface area contributed by atoms with E-state index in [9.17, 15) is 39.6 Å². The van der Waals surface area contributed by atoms with Gasteiger partial charge in [0.1, 0.15) is 21.3 Å². The van der Waals surface area contributed by atoms with Crippen LogP contribution in [0.3, 0.4) is 0 Å². The van der Waals surface area contributed by atoms with Gasteiger partial charge in [0.2, 0.25) is 5.88 Å². The summed E-state index contributed by atoms with van der Waals surface area (Å²) in [6.07, 6.45) is -8.44. The highest BCUT2D eigenvalue weighted by molar-refractivity contribution is 7.90. The standard InChI is InChI=1S/C31H35F6N5O5S/c1-5-29(38)16-22(26-24(9-10-25(41-26)46-3)42(29)28(43)47-6-2)27-39-17-19(8-7-11-48(4,44)45)23(40-27)14-18-12-20(30(32,33)34)15-21(13-18)31(35,36)37/h9-10,12-13,15,17,22H,5-8,11,14,16,38H2,1-4H3/t22-,29+/m0/s1. The third-order valence-corrected chi connectivity index (χ3v) is 9.02. The Kier molecular flexibility index (Phi) is 10.6.